The molecule has 0 heterocycles. The summed E-state index contributed by atoms with van der Waals surface area (Å²) in [5, 5.41) is 0. The number of likely N-dealkylation sites (N-methyl/N-ethyl adjacent to an activating group) is 1. The Morgan fingerprint density at radius 2 is 1.94 bits per heavy atom. The highest BCUT2D eigenvalue weighted by Crippen LogP contribution is 2.35. The Kier molecular flexibility index (Phi) is 7.25. The van der Waals surface area contributed by atoms with E-state index in [-0.39, 0.29) is 0 Å². The Morgan fingerprint density at radius 1 is 1.17 bits per heavy atom. The Morgan fingerprint density at radius 3 is 2.50 bits per heavy atom. The maximum absolute atomic E-state index is 6.20. The Balaban J connectivity index is 2.69. The fourth-order valence-electron chi connectivity index (χ4n) is 3.60. The summed E-state index contributed by atoms with van der Waals surface area (Å²) >= 11 is 0. The molecule has 1 saturated carbocycles. The summed E-state index contributed by atoms with van der Waals surface area (Å²) in [7, 11) is 0. The van der Waals surface area contributed by atoms with Crippen LogP contribution in [0.2, 0.25) is 0 Å². The van der Waals surface area contributed by atoms with E-state index in [2.05, 4.69) is 25.7 Å². The van der Waals surface area contributed by atoms with Crippen molar-refractivity contribution in [1.82, 2.24) is 4.90 Å². The predicted molar refractivity (Wildman–Crippen MR) is 80.8 cm³/mol. The number of rotatable bonds is 7. The molecule has 0 bridgehead atoms. The molecule has 1 aliphatic rings. The molecule has 0 aliphatic heterocycles. The van der Waals surface area contributed by atoms with Gasteiger partial charge in [-0.25, -0.2) is 0 Å². The summed E-state index contributed by atoms with van der Waals surface area (Å²) in [5.74, 6) is 0.948. The van der Waals surface area contributed by atoms with Crippen LogP contribution in [-0.4, -0.2) is 30.1 Å². The van der Waals surface area contributed by atoms with E-state index in [4.69, 9.17) is 5.73 Å². The molecule has 2 N–H and O–H groups in total. The van der Waals surface area contributed by atoms with Crippen LogP contribution >= 0.6 is 0 Å². The minimum Gasteiger partial charge on any atom is -0.329 e. The summed E-state index contributed by atoms with van der Waals surface area (Å²) in [5.41, 5.74) is 6.51. The molecule has 18 heavy (non-hydrogen) atoms. The number of unbranched alkanes of at least 4 members (excludes halogenated alkanes) is 1. The lowest BCUT2D eigenvalue weighted by Gasteiger charge is -2.43. The topological polar surface area (TPSA) is 29.3 Å². The largest absolute Gasteiger partial charge is 0.329 e. The molecule has 2 unspecified atom stereocenters. The smallest absolute Gasteiger partial charge is 0.0331 e. The van der Waals surface area contributed by atoms with Gasteiger partial charge in [0, 0.05) is 12.1 Å². The van der Waals surface area contributed by atoms with Gasteiger partial charge < -0.3 is 5.73 Å². The standard InChI is InChI=1S/C16H34N2/c1-4-7-13-18(6-3)16(14-17)11-8-9-15(5-2)10-12-16/h15H,4-14,17H2,1-3H3. The average molecular weight is 254 g/mol. The number of hydrogen-bond acceptors (Lipinski definition) is 2. The molecule has 0 aromatic rings. The highest BCUT2D eigenvalue weighted by Gasteiger charge is 2.36. The van der Waals surface area contributed by atoms with Crippen molar-refractivity contribution in [2.45, 2.75) is 77.7 Å². The van der Waals surface area contributed by atoms with Crippen molar-refractivity contribution in [3.8, 4) is 0 Å². The lowest BCUT2D eigenvalue weighted by atomic mass is 9.87. The van der Waals surface area contributed by atoms with Crippen LogP contribution < -0.4 is 5.73 Å². The fraction of sp³-hybridized carbons (Fsp3) is 1.00. The zero-order chi connectivity index (χ0) is 13.4. The van der Waals surface area contributed by atoms with Crippen LogP contribution in [0.3, 0.4) is 0 Å². The zero-order valence-corrected chi connectivity index (χ0v) is 12.9. The van der Waals surface area contributed by atoms with E-state index in [0.29, 0.717) is 5.54 Å². The van der Waals surface area contributed by atoms with Crippen molar-refractivity contribution in [1.29, 1.82) is 0 Å². The fourth-order valence-corrected chi connectivity index (χ4v) is 3.60. The minimum absolute atomic E-state index is 0.313. The molecule has 2 nitrogen and oxygen atoms in total. The molecule has 1 aliphatic carbocycles. The second kappa shape index (κ2) is 8.16. The highest BCUT2D eigenvalue weighted by atomic mass is 15.2. The van der Waals surface area contributed by atoms with Gasteiger partial charge in [0.2, 0.25) is 0 Å². The maximum atomic E-state index is 6.20. The van der Waals surface area contributed by atoms with Crippen LogP contribution in [0.4, 0.5) is 0 Å². The molecular weight excluding hydrogens is 220 g/mol. The van der Waals surface area contributed by atoms with E-state index in [9.17, 15) is 0 Å². The molecule has 0 saturated heterocycles. The molecular formula is C16H34N2. The molecule has 2 heteroatoms. The third-order valence-electron chi connectivity index (χ3n) is 5.06. The second-order valence-corrected chi connectivity index (χ2v) is 6.07. The third-order valence-corrected chi connectivity index (χ3v) is 5.06. The van der Waals surface area contributed by atoms with E-state index in [1.54, 1.807) is 0 Å². The first-order valence-corrected chi connectivity index (χ1v) is 8.17. The average Bonchev–Trinajstić information content (AvgIpc) is 2.63. The molecule has 0 spiro atoms. The van der Waals surface area contributed by atoms with Crippen molar-refractivity contribution in [2.24, 2.45) is 11.7 Å². The van der Waals surface area contributed by atoms with Crippen LogP contribution in [0.1, 0.15) is 72.1 Å². The van der Waals surface area contributed by atoms with Gasteiger partial charge in [-0.05, 0) is 44.7 Å². The Hall–Kier alpha value is -0.0800. The summed E-state index contributed by atoms with van der Waals surface area (Å²) in [6.07, 6.45) is 10.8. The van der Waals surface area contributed by atoms with Crippen molar-refractivity contribution < 1.29 is 0 Å². The molecule has 1 fully saturated rings. The highest BCUT2D eigenvalue weighted by molar-refractivity contribution is 4.93. The van der Waals surface area contributed by atoms with E-state index in [1.165, 1.54) is 57.9 Å². The van der Waals surface area contributed by atoms with Gasteiger partial charge in [0.05, 0.1) is 0 Å². The van der Waals surface area contributed by atoms with Crippen LogP contribution in [0.15, 0.2) is 0 Å². The lowest BCUT2D eigenvalue weighted by molar-refractivity contribution is 0.0808. The number of hydrogen-bond donors (Lipinski definition) is 1. The number of nitrogens with two attached hydrogens (primary N) is 1. The van der Waals surface area contributed by atoms with Gasteiger partial charge >= 0.3 is 0 Å². The van der Waals surface area contributed by atoms with Crippen molar-refractivity contribution in [3.63, 3.8) is 0 Å². The third kappa shape index (κ3) is 3.96. The van der Waals surface area contributed by atoms with Crippen LogP contribution in [0, 0.1) is 5.92 Å². The summed E-state index contributed by atoms with van der Waals surface area (Å²) in [6.45, 7) is 10.2. The first kappa shape index (κ1) is 16.0. The monoisotopic (exact) mass is 254 g/mol. The van der Waals surface area contributed by atoms with E-state index < -0.39 is 0 Å². The van der Waals surface area contributed by atoms with Crippen LogP contribution in [-0.2, 0) is 0 Å². The summed E-state index contributed by atoms with van der Waals surface area (Å²) in [4.78, 5) is 2.69. The first-order valence-electron chi connectivity index (χ1n) is 8.17. The summed E-state index contributed by atoms with van der Waals surface area (Å²) in [6, 6.07) is 0. The molecule has 2 atom stereocenters. The SMILES string of the molecule is CCCCN(CC)C1(CN)CCCC(CC)CC1. The van der Waals surface area contributed by atoms with Crippen molar-refractivity contribution in [2.75, 3.05) is 19.6 Å². The lowest BCUT2D eigenvalue weighted by Crippen LogP contribution is -2.54. The van der Waals surface area contributed by atoms with Gasteiger partial charge in [0.1, 0.15) is 0 Å². The molecule has 0 amide bonds. The zero-order valence-electron chi connectivity index (χ0n) is 12.9. The van der Waals surface area contributed by atoms with Crippen molar-refractivity contribution in [3.05, 3.63) is 0 Å². The van der Waals surface area contributed by atoms with Crippen LogP contribution in [0.5, 0.6) is 0 Å². The predicted octanol–water partition coefficient (Wildman–Crippen LogP) is 3.80. The molecule has 0 aromatic heterocycles. The Labute approximate surface area is 114 Å². The Bertz CT molecular complexity index is 217. The van der Waals surface area contributed by atoms with E-state index in [0.717, 1.165) is 19.0 Å². The van der Waals surface area contributed by atoms with Crippen LogP contribution in [0.25, 0.3) is 0 Å². The molecule has 108 valence electrons. The maximum Gasteiger partial charge on any atom is 0.0331 e. The van der Waals surface area contributed by atoms with Gasteiger partial charge in [-0.3, -0.25) is 4.90 Å². The molecule has 0 radical (unpaired) electrons. The van der Waals surface area contributed by atoms with E-state index in [1.807, 2.05) is 0 Å². The van der Waals surface area contributed by atoms with Gasteiger partial charge in [-0.2, -0.15) is 0 Å². The number of nitrogens with zero attached hydrogens (tertiary/aromatic N) is 1. The van der Waals surface area contributed by atoms with Gasteiger partial charge in [-0.15, -0.1) is 0 Å². The molecule has 1 rings (SSSR count). The van der Waals surface area contributed by atoms with Crippen molar-refractivity contribution >= 4 is 0 Å². The van der Waals surface area contributed by atoms with Gasteiger partial charge in [0.25, 0.3) is 0 Å². The summed E-state index contributed by atoms with van der Waals surface area (Å²) < 4.78 is 0. The normalized spacial score (nSPS) is 29.5. The quantitative estimate of drug-likeness (QED) is 0.700. The first-order chi connectivity index (χ1) is 8.72. The van der Waals surface area contributed by atoms with E-state index >= 15 is 0 Å². The minimum atomic E-state index is 0.313. The molecule has 0 aromatic carbocycles. The van der Waals surface area contributed by atoms with Gasteiger partial charge in [-0.1, -0.05) is 46.5 Å². The second-order valence-electron chi connectivity index (χ2n) is 6.07. The van der Waals surface area contributed by atoms with Gasteiger partial charge in [0.15, 0.2) is 0 Å².